The van der Waals surface area contributed by atoms with Gasteiger partial charge >= 0.3 is 0 Å². The van der Waals surface area contributed by atoms with Crippen LogP contribution < -0.4 is 9.80 Å². The van der Waals surface area contributed by atoms with Crippen molar-refractivity contribution < 1.29 is 18.4 Å². The molecule has 2 aliphatic heterocycles. The van der Waals surface area contributed by atoms with Crippen LogP contribution in [0.15, 0.2) is 81.6 Å². The lowest BCUT2D eigenvalue weighted by Gasteiger charge is -2.24. The molecule has 0 spiro atoms. The summed E-state index contributed by atoms with van der Waals surface area (Å²) in [4.78, 5) is 37.3. The van der Waals surface area contributed by atoms with Gasteiger partial charge in [-0.05, 0) is 61.1 Å². The number of anilines is 2. The number of thiophene rings is 2. The molecule has 0 aliphatic carbocycles. The maximum atomic E-state index is 14.9. The first kappa shape index (κ1) is 34.7. The molecule has 2 unspecified atom stereocenters. The fraction of sp³-hybridized carbons (Fsp3) is 0.364. The minimum atomic E-state index is -0.0692. The van der Waals surface area contributed by atoms with Crippen molar-refractivity contribution in [2.24, 2.45) is 11.8 Å². The quantitative estimate of drug-likeness (QED) is 0.105. The number of para-hydroxylation sites is 2. The number of furan rings is 2. The number of rotatable bonds is 14. The second-order valence-electron chi connectivity index (χ2n) is 14.4. The van der Waals surface area contributed by atoms with Crippen LogP contribution in [-0.4, -0.2) is 24.9 Å². The highest BCUT2D eigenvalue weighted by molar-refractivity contribution is 7.19. The van der Waals surface area contributed by atoms with Gasteiger partial charge in [0.2, 0.25) is 0 Å². The van der Waals surface area contributed by atoms with Crippen molar-refractivity contribution in [1.82, 2.24) is 0 Å². The molecule has 0 bridgehead atoms. The van der Waals surface area contributed by atoms with Crippen LogP contribution >= 0.6 is 22.7 Å². The molecule has 4 aromatic heterocycles. The Labute approximate surface area is 313 Å². The lowest BCUT2D eigenvalue weighted by Crippen LogP contribution is -2.34. The Morgan fingerprint density at radius 2 is 1.02 bits per heavy atom. The Hall–Kier alpha value is -4.40. The number of hydrogen-bond donors (Lipinski definition) is 0. The number of benzene rings is 2. The van der Waals surface area contributed by atoms with Crippen molar-refractivity contribution in [3.63, 3.8) is 0 Å². The molecular formula is C44H46N2O4S2. The van der Waals surface area contributed by atoms with E-state index in [1.165, 1.54) is 0 Å². The zero-order valence-corrected chi connectivity index (χ0v) is 32.1. The normalized spacial score (nSPS) is 16.8. The molecule has 0 N–H and O–H groups in total. The molecule has 0 radical (unpaired) electrons. The average Bonchev–Trinajstić information content (AvgIpc) is 4.01. The summed E-state index contributed by atoms with van der Waals surface area (Å²) >= 11 is 3.12. The van der Waals surface area contributed by atoms with Gasteiger partial charge in [0.05, 0.1) is 42.0 Å². The maximum absolute atomic E-state index is 14.9. The molecule has 0 fully saturated rings. The van der Waals surface area contributed by atoms with Gasteiger partial charge in [0.1, 0.15) is 22.7 Å². The second-order valence-corrected chi connectivity index (χ2v) is 16.5. The third-order valence-electron chi connectivity index (χ3n) is 10.9. The van der Waals surface area contributed by atoms with Gasteiger partial charge in [0.25, 0.3) is 11.8 Å². The summed E-state index contributed by atoms with van der Waals surface area (Å²) in [7, 11) is 0. The minimum absolute atomic E-state index is 0.0692. The molecule has 52 heavy (non-hydrogen) atoms. The molecule has 0 saturated heterocycles. The molecule has 8 rings (SSSR count). The van der Waals surface area contributed by atoms with Crippen LogP contribution in [0.3, 0.4) is 0 Å². The molecule has 2 atom stereocenters. The predicted molar refractivity (Wildman–Crippen MR) is 217 cm³/mol. The Bertz CT molecular complexity index is 2070. The van der Waals surface area contributed by atoms with Crippen molar-refractivity contribution in [2.75, 3.05) is 22.9 Å². The van der Waals surface area contributed by atoms with E-state index in [2.05, 4.69) is 64.1 Å². The molecule has 2 aromatic carbocycles. The number of hydrogen-bond acceptors (Lipinski definition) is 6. The van der Waals surface area contributed by atoms with Crippen molar-refractivity contribution in [1.29, 1.82) is 0 Å². The van der Waals surface area contributed by atoms with Crippen molar-refractivity contribution >= 4 is 78.9 Å². The summed E-state index contributed by atoms with van der Waals surface area (Å²) in [5, 5.41) is 2.08. The molecule has 2 amide bonds. The first-order valence-corrected chi connectivity index (χ1v) is 20.7. The Morgan fingerprint density at radius 3 is 1.40 bits per heavy atom. The van der Waals surface area contributed by atoms with Gasteiger partial charge in [0.15, 0.2) is 0 Å². The fourth-order valence-corrected chi connectivity index (χ4v) is 10.1. The van der Waals surface area contributed by atoms with E-state index in [0.717, 1.165) is 116 Å². The molecule has 2 aliphatic rings. The SMILES string of the molecule is CCCCC(CC)CN1C(=O)/C(=C2\C(=O)N(CC(CC)CCCC)c3cc(-c4cc5ccccc5o4)sc32)c2sc(-c3cc4ccccc4o3)cc21. The number of carbonyl (C=O) groups excluding carboxylic acids is 2. The molecule has 0 saturated carbocycles. The van der Waals surface area contributed by atoms with Crippen LogP contribution in [0.1, 0.15) is 88.8 Å². The van der Waals surface area contributed by atoms with E-state index >= 15 is 0 Å². The number of unbranched alkanes of at least 4 members (excludes halogenated alkanes) is 2. The monoisotopic (exact) mass is 730 g/mol. The Balaban J connectivity index is 1.28. The van der Waals surface area contributed by atoms with Gasteiger partial charge in [-0.25, -0.2) is 0 Å². The van der Waals surface area contributed by atoms with E-state index in [4.69, 9.17) is 8.83 Å². The highest BCUT2D eigenvalue weighted by Gasteiger charge is 2.45. The van der Waals surface area contributed by atoms with E-state index in [9.17, 15) is 9.59 Å². The van der Waals surface area contributed by atoms with Crippen LogP contribution in [0.5, 0.6) is 0 Å². The van der Waals surface area contributed by atoms with Gasteiger partial charge in [-0.15, -0.1) is 22.7 Å². The van der Waals surface area contributed by atoms with Crippen LogP contribution in [-0.2, 0) is 9.59 Å². The summed E-state index contributed by atoms with van der Waals surface area (Å²) < 4.78 is 12.7. The zero-order valence-electron chi connectivity index (χ0n) is 30.5. The first-order valence-electron chi connectivity index (χ1n) is 19.1. The molecule has 6 aromatic rings. The second kappa shape index (κ2) is 14.6. The Kier molecular flexibility index (Phi) is 9.70. The number of fused-ring (bicyclic) bond motifs is 4. The molecular weight excluding hydrogens is 685 g/mol. The summed E-state index contributed by atoms with van der Waals surface area (Å²) in [5.41, 5.74) is 4.50. The maximum Gasteiger partial charge on any atom is 0.260 e. The lowest BCUT2D eigenvalue weighted by molar-refractivity contribution is -0.114. The number of amides is 2. The fourth-order valence-electron chi connectivity index (χ4n) is 7.81. The minimum Gasteiger partial charge on any atom is -0.455 e. The summed E-state index contributed by atoms with van der Waals surface area (Å²) in [6.07, 6.45) is 8.61. The van der Waals surface area contributed by atoms with Gasteiger partial charge < -0.3 is 18.6 Å². The van der Waals surface area contributed by atoms with Crippen molar-refractivity contribution in [3.05, 3.63) is 82.6 Å². The van der Waals surface area contributed by atoms with E-state index in [-0.39, 0.29) is 11.8 Å². The lowest BCUT2D eigenvalue weighted by atomic mass is 9.98. The van der Waals surface area contributed by atoms with E-state index < -0.39 is 0 Å². The van der Waals surface area contributed by atoms with E-state index in [0.29, 0.717) is 36.1 Å². The third-order valence-corrected chi connectivity index (χ3v) is 13.2. The van der Waals surface area contributed by atoms with Crippen molar-refractivity contribution in [2.45, 2.75) is 79.1 Å². The van der Waals surface area contributed by atoms with Gasteiger partial charge in [-0.1, -0.05) is 103 Å². The summed E-state index contributed by atoms with van der Waals surface area (Å²) in [5.74, 6) is 2.15. The summed E-state index contributed by atoms with van der Waals surface area (Å²) in [6, 6.07) is 24.4. The highest BCUT2D eigenvalue weighted by Crippen LogP contribution is 2.55. The van der Waals surface area contributed by atoms with Crippen LogP contribution in [0.25, 0.3) is 54.4 Å². The van der Waals surface area contributed by atoms with Gasteiger partial charge in [-0.3, -0.25) is 9.59 Å². The average molecular weight is 731 g/mol. The van der Waals surface area contributed by atoms with Crippen LogP contribution in [0.4, 0.5) is 11.4 Å². The van der Waals surface area contributed by atoms with Crippen molar-refractivity contribution in [3.8, 4) is 21.3 Å². The predicted octanol–water partition coefficient (Wildman–Crippen LogP) is 12.7. The molecule has 6 nitrogen and oxygen atoms in total. The van der Waals surface area contributed by atoms with Crippen LogP contribution in [0, 0.1) is 11.8 Å². The zero-order chi connectivity index (χ0) is 35.9. The topological polar surface area (TPSA) is 66.9 Å². The number of carbonyl (C=O) groups is 2. The molecule has 268 valence electrons. The third kappa shape index (κ3) is 6.13. The molecule has 8 heteroatoms. The Morgan fingerprint density at radius 1 is 0.596 bits per heavy atom. The smallest absolute Gasteiger partial charge is 0.260 e. The number of nitrogens with zero attached hydrogens (tertiary/aromatic N) is 2. The largest absolute Gasteiger partial charge is 0.455 e. The van der Waals surface area contributed by atoms with Gasteiger partial charge in [0, 0.05) is 23.9 Å². The van der Waals surface area contributed by atoms with E-state index in [1.807, 2.05) is 46.2 Å². The van der Waals surface area contributed by atoms with Crippen LogP contribution in [0.2, 0.25) is 0 Å². The standard InChI is InChI=1S/C44H46N2O4S2/c1-5-9-15-27(7-3)25-45-31-23-37(35-21-29-17-11-13-19-33(29)49-35)51-41(31)39(43(45)47)40-42-32(46(44(40)48)26-28(8-4)16-10-6-2)24-38(52-42)36-22-30-18-12-14-20-34(30)50-36/h11-14,17-24,27-28H,5-10,15-16,25-26H2,1-4H3/b40-39-. The first-order chi connectivity index (χ1) is 25.4. The van der Waals surface area contributed by atoms with E-state index in [1.54, 1.807) is 22.7 Å². The molecule has 6 heterocycles. The van der Waals surface area contributed by atoms with Gasteiger partial charge in [-0.2, -0.15) is 0 Å². The highest BCUT2D eigenvalue weighted by atomic mass is 32.1. The summed E-state index contributed by atoms with van der Waals surface area (Å²) in [6.45, 7) is 10.1.